The molecule has 0 aliphatic rings. The summed E-state index contributed by atoms with van der Waals surface area (Å²) in [6.45, 7) is 2.66. The van der Waals surface area contributed by atoms with Crippen LogP contribution in [0, 0.1) is 6.92 Å². The van der Waals surface area contributed by atoms with Gasteiger partial charge in [0.2, 0.25) is 0 Å². The van der Waals surface area contributed by atoms with Gasteiger partial charge in [0.25, 0.3) is 0 Å². The van der Waals surface area contributed by atoms with Crippen molar-refractivity contribution in [3.63, 3.8) is 0 Å². The van der Waals surface area contributed by atoms with Crippen molar-refractivity contribution in [2.75, 3.05) is 0 Å². The van der Waals surface area contributed by atoms with E-state index in [1.54, 1.807) is 0 Å². The first-order valence-corrected chi connectivity index (χ1v) is 7.23. The fourth-order valence-electron chi connectivity index (χ4n) is 1.78. The Morgan fingerprint density at radius 3 is 2.61 bits per heavy atom. The largest absolute Gasteiger partial charge is 0.326 e. The number of aryl methyl sites for hydroxylation is 1. The smallest absolute Gasteiger partial charge is 0.0410 e. The third-order valence-corrected chi connectivity index (χ3v) is 4.29. The molecular formula is C15H16ClNS. The maximum Gasteiger partial charge on any atom is 0.0410 e. The van der Waals surface area contributed by atoms with Gasteiger partial charge in [0, 0.05) is 22.2 Å². The second kappa shape index (κ2) is 6.28. The number of thioether (sulfide) groups is 1. The Labute approximate surface area is 117 Å². The molecule has 0 spiro atoms. The van der Waals surface area contributed by atoms with Crippen molar-refractivity contribution in [2.45, 2.75) is 24.1 Å². The van der Waals surface area contributed by atoms with Crippen LogP contribution in [-0.2, 0) is 12.3 Å². The predicted octanol–water partition coefficient (Wildman–Crippen LogP) is 4.40. The molecule has 0 aliphatic heterocycles. The zero-order valence-electron chi connectivity index (χ0n) is 10.3. The van der Waals surface area contributed by atoms with Crippen LogP contribution in [0.2, 0.25) is 5.02 Å². The third kappa shape index (κ3) is 3.29. The standard InChI is InChI=1S/C15H16ClNS/c1-11-4-2-3-5-12(11)10-18-15-7-6-14(16)8-13(15)9-17/h2-8H,9-10,17H2,1H3. The van der Waals surface area contributed by atoms with E-state index in [9.17, 15) is 0 Å². The molecule has 18 heavy (non-hydrogen) atoms. The molecule has 0 aliphatic carbocycles. The Morgan fingerprint density at radius 1 is 1.11 bits per heavy atom. The maximum atomic E-state index is 5.97. The van der Waals surface area contributed by atoms with Crippen LogP contribution in [0.15, 0.2) is 47.4 Å². The van der Waals surface area contributed by atoms with Crippen LogP contribution in [0.25, 0.3) is 0 Å². The fraction of sp³-hybridized carbons (Fsp3) is 0.200. The summed E-state index contributed by atoms with van der Waals surface area (Å²) in [5, 5.41) is 0.746. The zero-order valence-corrected chi connectivity index (χ0v) is 11.9. The average molecular weight is 278 g/mol. The van der Waals surface area contributed by atoms with Crippen LogP contribution < -0.4 is 5.73 Å². The minimum atomic E-state index is 0.524. The van der Waals surface area contributed by atoms with Gasteiger partial charge < -0.3 is 5.73 Å². The molecule has 0 atom stereocenters. The van der Waals surface area contributed by atoms with Gasteiger partial charge in [-0.3, -0.25) is 0 Å². The molecule has 2 aromatic carbocycles. The molecule has 1 nitrogen and oxygen atoms in total. The van der Waals surface area contributed by atoms with E-state index in [1.807, 2.05) is 30.0 Å². The zero-order chi connectivity index (χ0) is 13.0. The van der Waals surface area contributed by atoms with E-state index in [4.69, 9.17) is 17.3 Å². The highest BCUT2D eigenvalue weighted by Crippen LogP contribution is 2.29. The number of nitrogens with two attached hydrogens (primary N) is 1. The monoisotopic (exact) mass is 277 g/mol. The summed E-state index contributed by atoms with van der Waals surface area (Å²) in [5.74, 6) is 0.960. The lowest BCUT2D eigenvalue weighted by atomic mass is 10.1. The molecule has 0 amide bonds. The lowest BCUT2D eigenvalue weighted by Gasteiger charge is -2.09. The minimum absolute atomic E-state index is 0.524. The fourth-order valence-corrected chi connectivity index (χ4v) is 3.10. The molecule has 0 heterocycles. The Bertz CT molecular complexity index is 540. The van der Waals surface area contributed by atoms with Crippen LogP contribution in [0.3, 0.4) is 0 Å². The van der Waals surface area contributed by atoms with E-state index in [1.165, 1.54) is 16.0 Å². The molecule has 0 aromatic heterocycles. The van der Waals surface area contributed by atoms with Crippen molar-refractivity contribution in [1.82, 2.24) is 0 Å². The van der Waals surface area contributed by atoms with E-state index >= 15 is 0 Å². The molecule has 0 saturated heterocycles. The first kappa shape index (κ1) is 13.5. The summed E-state index contributed by atoms with van der Waals surface area (Å²) >= 11 is 7.78. The van der Waals surface area contributed by atoms with Gasteiger partial charge in [0.1, 0.15) is 0 Å². The van der Waals surface area contributed by atoms with Crippen molar-refractivity contribution in [3.05, 3.63) is 64.2 Å². The lowest BCUT2D eigenvalue weighted by molar-refractivity contribution is 1.03. The van der Waals surface area contributed by atoms with Crippen LogP contribution >= 0.6 is 23.4 Å². The quantitative estimate of drug-likeness (QED) is 0.839. The summed E-state index contributed by atoms with van der Waals surface area (Å²) in [7, 11) is 0. The third-order valence-electron chi connectivity index (χ3n) is 2.89. The van der Waals surface area contributed by atoms with E-state index in [0.717, 1.165) is 16.3 Å². The molecule has 2 rings (SSSR count). The second-order valence-electron chi connectivity index (χ2n) is 4.17. The second-order valence-corrected chi connectivity index (χ2v) is 5.62. The number of benzene rings is 2. The van der Waals surface area contributed by atoms with Crippen molar-refractivity contribution in [1.29, 1.82) is 0 Å². The summed E-state index contributed by atoms with van der Waals surface area (Å²) in [4.78, 5) is 1.21. The van der Waals surface area contributed by atoms with Gasteiger partial charge in [-0.2, -0.15) is 0 Å². The number of halogens is 1. The van der Waals surface area contributed by atoms with Gasteiger partial charge in [0.15, 0.2) is 0 Å². The first-order valence-electron chi connectivity index (χ1n) is 5.86. The highest BCUT2D eigenvalue weighted by molar-refractivity contribution is 7.98. The summed E-state index contributed by atoms with van der Waals surface area (Å²) in [6.07, 6.45) is 0. The predicted molar refractivity (Wildman–Crippen MR) is 80.1 cm³/mol. The topological polar surface area (TPSA) is 26.0 Å². The first-order chi connectivity index (χ1) is 8.70. The van der Waals surface area contributed by atoms with Crippen LogP contribution in [0.1, 0.15) is 16.7 Å². The molecule has 94 valence electrons. The van der Waals surface area contributed by atoms with Crippen LogP contribution in [-0.4, -0.2) is 0 Å². The van der Waals surface area contributed by atoms with Gasteiger partial charge in [-0.1, -0.05) is 35.9 Å². The summed E-state index contributed by atoms with van der Waals surface area (Å²) in [5.41, 5.74) is 9.55. The van der Waals surface area contributed by atoms with Crippen molar-refractivity contribution in [3.8, 4) is 0 Å². The molecule has 2 aromatic rings. The van der Waals surface area contributed by atoms with Crippen LogP contribution in [0.5, 0.6) is 0 Å². The molecular weight excluding hydrogens is 262 g/mol. The van der Waals surface area contributed by atoms with E-state index in [-0.39, 0.29) is 0 Å². The Hall–Kier alpha value is -0.960. The van der Waals surface area contributed by atoms with E-state index in [2.05, 4.69) is 31.2 Å². The molecule has 0 unspecified atom stereocenters. The van der Waals surface area contributed by atoms with Crippen molar-refractivity contribution in [2.24, 2.45) is 5.73 Å². The normalized spacial score (nSPS) is 10.6. The van der Waals surface area contributed by atoms with Crippen LogP contribution in [0.4, 0.5) is 0 Å². The molecule has 3 heteroatoms. The van der Waals surface area contributed by atoms with Gasteiger partial charge in [-0.25, -0.2) is 0 Å². The molecule has 0 fully saturated rings. The Balaban J connectivity index is 2.13. The van der Waals surface area contributed by atoms with Gasteiger partial charge in [0.05, 0.1) is 0 Å². The van der Waals surface area contributed by atoms with Crippen molar-refractivity contribution >= 4 is 23.4 Å². The Morgan fingerprint density at radius 2 is 1.89 bits per heavy atom. The minimum Gasteiger partial charge on any atom is -0.326 e. The average Bonchev–Trinajstić information content (AvgIpc) is 2.39. The Kier molecular flexibility index (Phi) is 4.70. The van der Waals surface area contributed by atoms with E-state index < -0.39 is 0 Å². The van der Waals surface area contributed by atoms with Gasteiger partial charge in [-0.15, -0.1) is 11.8 Å². The molecule has 0 saturated carbocycles. The molecule has 0 bridgehead atoms. The summed E-state index contributed by atoms with van der Waals surface area (Å²) in [6, 6.07) is 14.4. The SMILES string of the molecule is Cc1ccccc1CSc1ccc(Cl)cc1CN. The lowest BCUT2D eigenvalue weighted by Crippen LogP contribution is -1.98. The number of hydrogen-bond acceptors (Lipinski definition) is 2. The highest BCUT2D eigenvalue weighted by Gasteiger charge is 2.04. The van der Waals surface area contributed by atoms with Gasteiger partial charge in [-0.05, 0) is 41.8 Å². The number of rotatable bonds is 4. The maximum absolute atomic E-state index is 5.97. The van der Waals surface area contributed by atoms with E-state index in [0.29, 0.717) is 6.54 Å². The molecule has 2 N–H and O–H groups in total. The molecule has 0 radical (unpaired) electrons. The van der Waals surface area contributed by atoms with Gasteiger partial charge >= 0.3 is 0 Å². The number of hydrogen-bond donors (Lipinski definition) is 1. The summed E-state index contributed by atoms with van der Waals surface area (Å²) < 4.78 is 0. The highest BCUT2D eigenvalue weighted by atomic mass is 35.5. The van der Waals surface area contributed by atoms with Crippen molar-refractivity contribution < 1.29 is 0 Å².